The topological polar surface area (TPSA) is 60.6 Å². The minimum atomic E-state index is -1.56. The summed E-state index contributed by atoms with van der Waals surface area (Å²) in [5.74, 6) is -1.44. The van der Waals surface area contributed by atoms with Crippen molar-refractivity contribution in [2.24, 2.45) is 0 Å². The van der Waals surface area contributed by atoms with Gasteiger partial charge in [-0.05, 0) is 51.8 Å². The number of hydrogen-bond donors (Lipinski definition) is 2. The first-order valence-corrected chi connectivity index (χ1v) is 13.7. The van der Waals surface area contributed by atoms with E-state index in [0.29, 0.717) is 31.6 Å². The number of aromatic amines is 1. The van der Waals surface area contributed by atoms with E-state index in [1.165, 1.54) is 37.0 Å². The average Bonchev–Trinajstić information content (AvgIpc) is 3.24. The zero-order valence-electron chi connectivity index (χ0n) is 23.9. The second kappa shape index (κ2) is 12.5. The molecule has 216 valence electrons. The van der Waals surface area contributed by atoms with Crippen LogP contribution < -0.4 is 10.1 Å². The minimum Gasteiger partial charge on any atom is -0.493 e. The maximum atomic E-state index is 15.7. The third kappa shape index (κ3) is 6.88. The SMILES string of the molecule is C[C@@H]1Cc2c([nH]c3ccccc23)[C@@H](c2c(F)cc(OCCCNC/C=C/C(=O)N(C)C)cc2F)N1CC(C)(C)F. The maximum Gasteiger partial charge on any atom is 0.245 e. The van der Waals surface area contributed by atoms with Gasteiger partial charge in [0.15, 0.2) is 0 Å². The van der Waals surface area contributed by atoms with Crippen molar-refractivity contribution in [3.8, 4) is 5.75 Å². The summed E-state index contributed by atoms with van der Waals surface area (Å²) in [4.78, 5) is 18.2. The molecule has 1 aromatic heterocycles. The van der Waals surface area contributed by atoms with E-state index < -0.39 is 23.3 Å². The van der Waals surface area contributed by atoms with Gasteiger partial charge in [-0.3, -0.25) is 9.69 Å². The Morgan fingerprint density at radius 3 is 2.60 bits per heavy atom. The Kier molecular flexibility index (Phi) is 9.26. The Balaban J connectivity index is 1.51. The van der Waals surface area contributed by atoms with Crippen molar-refractivity contribution in [1.82, 2.24) is 20.1 Å². The van der Waals surface area contributed by atoms with Crippen LogP contribution in [0.15, 0.2) is 48.6 Å². The van der Waals surface area contributed by atoms with Crippen LogP contribution in [0.4, 0.5) is 13.2 Å². The van der Waals surface area contributed by atoms with Crippen LogP contribution in [0, 0.1) is 11.6 Å². The van der Waals surface area contributed by atoms with Gasteiger partial charge in [-0.2, -0.15) is 0 Å². The summed E-state index contributed by atoms with van der Waals surface area (Å²) >= 11 is 0. The number of aromatic nitrogens is 1. The number of benzene rings is 2. The number of hydrogen-bond acceptors (Lipinski definition) is 4. The highest BCUT2D eigenvalue weighted by Gasteiger charge is 2.41. The van der Waals surface area contributed by atoms with Crippen molar-refractivity contribution >= 4 is 16.8 Å². The number of H-pyrrole nitrogens is 1. The first-order valence-electron chi connectivity index (χ1n) is 13.7. The minimum absolute atomic E-state index is 0.0241. The number of nitrogens with zero attached hydrogens (tertiary/aromatic N) is 2. The molecule has 2 heterocycles. The number of fused-ring (bicyclic) bond motifs is 3. The summed E-state index contributed by atoms with van der Waals surface area (Å²) in [5, 5.41) is 4.18. The molecule has 1 aliphatic heterocycles. The molecular weight excluding hydrogens is 517 g/mol. The zero-order valence-corrected chi connectivity index (χ0v) is 23.9. The van der Waals surface area contributed by atoms with Crippen molar-refractivity contribution in [1.29, 1.82) is 0 Å². The molecule has 0 aliphatic carbocycles. The molecule has 1 amide bonds. The fourth-order valence-corrected chi connectivity index (χ4v) is 5.29. The molecule has 40 heavy (non-hydrogen) atoms. The first kappa shape index (κ1) is 29.7. The van der Waals surface area contributed by atoms with E-state index in [1.807, 2.05) is 36.1 Å². The van der Waals surface area contributed by atoms with Crippen molar-refractivity contribution in [2.45, 2.75) is 51.4 Å². The molecule has 0 unspecified atom stereocenters. The van der Waals surface area contributed by atoms with Crippen molar-refractivity contribution in [3.05, 3.63) is 77.0 Å². The average molecular weight is 557 g/mol. The second-order valence-electron chi connectivity index (χ2n) is 11.3. The molecule has 4 rings (SSSR count). The van der Waals surface area contributed by atoms with Gasteiger partial charge in [0.2, 0.25) is 5.91 Å². The molecule has 2 aromatic carbocycles. The van der Waals surface area contributed by atoms with Gasteiger partial charge in [0.1, 0.15) is 23.1 Å². The zero-order chi connectivity index (χ0) is 29.0. The van der Waals surface area contributed by atoms with Crippen LogP contribution in [0.25, 0.3) is 10.9 Å². The quantitative estimate of drug-likeness (QED) is 0.241. The van der Waals surface area contributed by atoms with Crippen LogP contribution in [-0.2, 0) is 11.2 Å². The van der Waals surface area contributed by atoms with Crippen molar-refractivity contribution < 1.29 is 22.7 Å². The molecule has 0 fully saturated rings. The number of amides is 1. The molecule has 0 saturated heterocycles. The lowest BCUT2D eigenvalue weighted by Gasteiger charge is -2.43. The Bertz CT molecular complexity index is 1340. The fourth-order valence-electron chi connectivity index (χ4n) is 5.29. The van der Waals surface area contributed by atoms with E-state index in [4.69, 9.17) is 4.74 Å². The van der Waals surface area contributed by atoms with E-state index in [2.05, 4.69) is 10.3 Å². The molecule has 1 aliphatic rings. The Morgan fingerprint density at radius 2 is 1.93 bits per heavy atom. The molecule has 9 heteroatoms. The van der Waals surface area contributed by atoms with E-state index in [-0.39, 0.29) is 36.4 Å². The van der Waals surface area contributed by atoms with Crippen LogP contribution in [0.1, 0.15) is 50.1 Å². The number of nitrogens with one attached hydrogen (secondary N) is 2. The Hall–Kier alpha value is -3.30. The number of alkyl halides is 1. The third-order valence-electron chi connectivity index (χ3n) is 7.13. The highest BCUT2D eigenvalue weighted by molar-refractivity contribution is 5.87. The molecule has 6 nitrogen and oxygen atoms in total. The molecule has 3 aromatic rings. The second-order valence-corrected chi connectivity index (χ2v) is 11.3. The Morgan fingerprint density at radius 1 is 1.23 bits per heavy atom. The van der Waals surface area contributed by atoms with E-state index in [0.717, 1.165) is 16.5 Å². The normalized spacial score (nSPS) is 17.9. The monoisotopic (exact) mass is 556 g/mol. The summed E-state index contributed by atoms with van der Waals surface area (Å²) in [6.45, 7) is 6.36. The molecule has 2 atom stereocenters. The third-order valence-corrected chi connectivity index (χ3v) is 7.13. The molecule has 0 radical (unpaired) electrons. The van der Waals surface area contributed by atoms with Crippen LogP contribution >= 0.6 is 0 Å². The fraction of sp³-hybridized carbons (Fsp3) is 0.452. The molecule has 2 N–H and O–H groups in total. The first-order chi connectivity index (χ1) is 19.0. The van der Waals surface area contributed by atoms with Gasteiger partial charge in [-0.1, -0.05) is 24.3 Å². The van der Waals surface area contributed by atoms with E-state index >= 15 is 8.78 Å². The van der Waals surface area contributed by atoms with Gasteiger partial charge in [0.25, 0.3) is 0 Å². The summed E-state index contributed by atoms with van der Waals surface area (Å²) < 4.78 is 52.0. The van der Waals surface area contributed by atoms with Crippen LogP contribution in [0.2, 0.25) is 0 Å². The summed E-state index contributed by atoms with van der Waals surface area (Å²) in [7, 11) is 3.37. The lowest BCUT2D eigenvalue weighted by molar-refractivity contribution is -0.123. The van der Waals surface area contributed by atoms with Crippen molar-refractivity contribution in [2.75, 3.05) is 40.3 Å². The molecule has 0 saturated carbocycles. The number of ether oxygens (including phenoxy) is 1. The summed E-state index contributed by atoms with van der Waals surface area (Å²) in [6.07, 6.45) is 4.49. The van der Waals surface area contributed by atoms with Gasteiger partial charge < -0.3 is 19.9 Å². The van der Waals surface area contributed by atoms with Crippen molar-refractivity contribution in [3.63, 3.8) is 0 Å². The van der Waals surface area contributed by atoms with Gasteiger partial charge in [-0.15, -0.1) is 0 Å². The molecule has 0 bridgehead atoms. The van der Waals surface area contributed by atoms with Crippen LogP contribution in [-0.4, -0.2) is 72.7 Å². The number of carbonyl (C=O) groups is 1. The lowest BCUT2D eigenvalue weighted by atomic mass is 9.87. The van der Waals surface area contributed by atoms with Gasteiger partial charge in [0, 0.05) is 73.6 Å². The van der Waals surface area contributed by atoms with Gasteiger partial charge in [0.05, 0.1) is 12.6 Å². The van der Waals surface area contributed by atoms with Crippen LogP contribution in [0.3, 0.4) is 0 Å². The van der Waals surface area contributed by atoms with Gasteiger partial charge >= 0.3 is 0 Å². The van der Waals surface area contributed by atoms with Gasteiger partial charge in [-0.25, -0.2) is 13.2 Å². The highest BCUT2D eigenvalue weighted by Crippen LogP contribution is 2.43. The lowest BCUT2D eigenvalue weighted by Crippen LogP contribution is -2.48. The standard InChI is InChI=1S/C31H39F3N4O2/c1-20-16-23-22-10-6-7-11-26(22)36-29(23)30(38(20)19-31(2,3)34)28-24(32)17-21(18-25(28)33)40-15-9-14-35-13-8-12-27(39)37(4)5/h6-8,10-12,17-18,20,30,35-36H,9,13-16,19H2,1-5H3/b12-8+/t20-,30-/m1/s1. The number of likely N-dealkylation sites (N-methyl/N-ethyl adjacent to an activating group) is 1. The largest absolute Gasteiger partial charge is 0.493 e. The number of rotatable bonds is 11. The smallest absolute Gasteiger partial charge is 0.245 e. The number of carbonyl (C=O) groups excluding carboxylic acids is 1. The van der Waals surface area contributed by atoms with Crippen LogP contribution in [0.5, 0.6) is 5.75 Å². The number of para-hydroxylation sites is 1. The summed E-state index contributed by atoms with van der Waals surface area (Å²) in [5.41, 5.74) is 0.922. The predicted octanol–water partition coefficient (Wildman–Crippen LogP) is 5.53. The van der Waals surface area contributed by atoms with E-state index in [9.17, 15) is 9.18 Å². The van der Waals surface area contributed by atoms with E-state index in [1.54, 1.807) is 20.2 Å². The predicted molar refractivity (Wildman–Crippen MR) is 152 cm³/mol. The summed E-state index contributed by atoms with van der Waals surface area (Å²) in [6, 6.07) is 9.27. The maximum absolute atomic E-state index is 15.7. The number of halogens is 3. The highest BCUT2D eigenvalue weighted by atomic mass is 19.1. The molecular formula is C31H39F3N4O2. The Labute approximate surface area is 234 Å². The molecule has 0 spiro atoms.